The van der Waals surface area contributed by atoms with E-state index in [1.807, 2.05) is 43.7 Å². The fraction of sp³-hybridized carbons (Fsp3) is 0.375. The number of hydrogen-bond donors (Lipinski definition) is 2. The molecule has 0 saturated carbocycles. The van der Waals surface area contributed by atoms with Crippen molar-refractivity contribution in [3.05, 3.63) is 40.9 Å². The summed E-state index contributed by atoms with van der Waals surface area (Å²) >= 11 is 3.11. The molecule has 0 aliphatic rings. The van der Waals surface area contributed by atoms with Crippen molar-refractivity contribution in [2.75, 3.05) is 12.9 Å². The molecule has 118 valence electrons. The Balaban J connectivity index is 2.14. The average Bonchev–Trinajstić information content (AvgIpc) is 2.95. The number of amides is 1. The largest absolute Gasteiger partial charge is 0.395 e. The maximum Gasteiger partial charge on any atom is 0.251 e. The van der Waals surface area contributed by atoms with E-state index < -0.39 is 0 Å². The third kappa shape index (κ3) is 4.09. The Morgan fingerprint density at radius 3 is 2.86 bits per heavy atom. The van der Waals surface area contributed by atoms with E-state index in [2.05, 4.69) is 10.3 Å². The summed E-state index contributed by atoms with van der Waals surface area (Å²) in [5, 5.41) is 15.1. The minimum absolute atomic E-state index is 0.00579. The number of thiazole rings is 1. The molecule has 1 heterocycles. The highest BCUT2D eigenvalue weighted by molar-refractivity contribution is 7.99. The summed E-state index contributed by atoms with van der Waals surface area (Å²) < 4.78 is 0. The maximum absolute atomic E-state index is 12.4. The lowest BCUT2D eigenvalue weighted by Crippen LogP contribution is -2.41. The molecule has 0 fully saturated rings. The van der Waals surface area contributed by atoms with Gasteiger partial charge in [-0.3, -0.25) is 4.79 Å². The van der Waals surface area contributed by atoms with Gasteiger partial charge in [0.2, 0.25) is 0 Å². The average molecular weight is 336 g/mol. The van der Waals surface area contributed by atoms with E-state index in [1.165, 1.54) is 0 Å². The molecule has 0 aliphatic carbocycles. The molecule has 2 aromatic rings. The number of rotatable bonds is 6. The molecular formula is C16H20N2O2S2. The summed E-state index contributed by atoms with van der Waals surface area (Å²) in [6.45, 7) is 3.90. The van der Waals surface area contributed by atoms with Crippen LogP contribution in [0.1, 0.15) is 23.0 Å². The third-order valence-corrected chi connectivity index (χ3v) is 5.56. The van der Waals surface area contributed by atoms with Crippen LogP contribution in [0.25, 0.3) is 10.6 Å². The van der Waals surface area contributed by atoms with Crippen LogP contribution in [-0.2, 0) is 0 Å². The Labute approximate surface area is 139 Å². The van der Waals surface area contributed by atoms with Gasteiger partial charge in [0, 0.05) is 33.5 Å². The summed E-state index contributed by atoms with van der Waals surface area (Å²) in [5.41, 5.74) is 2.53. The lowest BCUT2D eigenvalue weighted by Gasteiger charge is -2.21. The van der Waals surface area contributed by atoms with Gasteiger partial charge >= 0.3 is 0 Å². The monoisotopic (exact) mass is 336 g/mol. The Morgan fingerprint density at radius 2 is 2.27 bits per heavy atom. The first-order valence-electron chi connectivity index (χ1n) is 7.02. The predicted molar refractivity (Wildman–Crippen MR) is 93.6 cm³/mol. The van der Waals surface area contributed by atoms with Crippen molar-refractivity contribution in [2.45, 2.75) is 25.1 Å². The first kappa shape index (κ1) is 17.0. The van der Waals surface area contributed by atoms with Crippen molar-refractivity contribution in [3.8, 4) is 10.6 Å². The molecule has 0 saturated heterocycles. The molecule has 0 spiro atoms. The minimum Gasteiger partial charge on any atom is -0.395 e. The summed E-state index contributed by atoms with van der Waals surface area (Å²) in [6, 6.07) is 7.37. The first-order chi connectivity index (χ1) is 10.5. The van der Waals surface area contributed by atoms with E-state index in [4.69, 9.17) is 0 Å². The molecule has 2 atom stereocenters. The quantitative estimate of drug-likeness (QED) is 0.851. The smallest absolute Gasteiger partial charge is 0.251 e. The molecule has 22 heavy (non-hydrogen) atoms. The van der Waals surface area contributed by atoms with Crippen LogP contribution < -0.4 is 5.32 Å². The number of aryl methyl sites for hydroxylation is 1. The normalized spacial score (nSPS) is 13.6. The summed E-state index contributed by atoms with van der Waals surface area (Å²) in [5.74, 6) is -0.130. The van der Waals surface area contributed by atoms with Crippen LogP contribution in [0, 0.1) is 6.92 Å². The second-order valence-corrected chi connectivity index (χ2v) is 7.03. The summed E-state index contributed by atoms with van der Waals surface area (Å²) in [4.78, 5) is 16.8. The van der Waals surface area contributed by atoms with Gasteiger partial charge in [-0.2, -0.15) is 11.8 Å². The van der Waals surface area contributed by atoms with Gasteiger partial charge in [0.1, 0.15) is 5.01 Å². The van der Waals surface area contributed by atoms with Crippen LogP contribution in [0.15, 0.2) is 29.6 Å². The lowest BCUT2D eigenvalue weighted by atomic mass is 10.1. The van der Waals surface area contributed by atoms with Crippen LogP contribution in [-0.4, -0.2) is 40.2 Å². The fourth-order valence-electron chi connectivity index (χ4n) is 2.10. The van der Waals surface area contributed by atoms with Crippen LogP contribution >= 0.6 is 23.1 Å². The number of aliphatic hydroxyl groups excluding tert-OH is 1. The molecule has 0 bridgehead atoms. The highest BCUT2D eigenvalue weighted by Crippen LogP contribution is 2.24. The SMILES string of the molecule is CSC(CO)C(C)NC(=O)c1cccc(-c2nc(C)cs2)c1. The van der Waals surface area contributed by atoms with E-state index in [1.54, 1.807) is 29.2 Å². The van der Waals surface area contributed by atoms with Crippen molar-refractivity contribution in [3.63, 3.8) is 0 Å². The van der Waals surface area contributed by atoms with Gasteiger partial charge in [0.25, 0.3) is 5.91 Å². The second kappa shape index (κ2) is 7.76. The second-order valence-electron chi connectivity index (χ2n) is 5.09. The zero-order valence-corrected chi connectivity index (χ0v) is 14.5. The predicted octanol–water partition coefficient (Wildman–Crippen LogP) is 2.96. The van der Waals surface area contributed by atoms with Crippen LogP contribution in [0.5, 0.6) is 0 Å². The van der Waals surface area contributed by atoms with Gasteiger partial charge in [-0.15, -0.1) is 11.3 Å². The third-order valence-electron chi connectivity index (χ3n) is 3.39. The number of hydrogen-bond acceptors (Lipinski definition) is 5. The molecule has 2 N–H and O–H groups in total. The van der Waals surface area contributed by atoms with E-state index in [0.717, 1.165) is 16.3 Å². The Kier molecular flexibility index (Phi) is 5.99. The number of thioether (sulfide) groups is 1. The molecule has 1 aromatic heterocycles. The van der Waals surface area contributed by atoms with Gasteiger partial charge in [-0.1, -0.05) is 12.1 Å². The zero-order valence-electron chi connectivity index (χ0n) is 12.9. The number of benzene rings is 1. The highest BCUT2D eigenvalue weighted by atomic mass is 32.2. The topological polar surface area (TPSA) is 62.2 Å². The number of carbonyl (C=O) groups excluding carboxylic acids is 1. The number of nitrogens with zero attached hydrogens (tertiary/aromatic N) is 1. The van der Waals surface area contributed by atoms with Gasteiger partial charge in [0.15, 0.2) is 0 Å². The van der Waals surface area contributed by atoms with Gasteiger partial charge < -0.3 is 10.4 Å². The number of aliphatic hydroxyl groups is 1. The molecule has 6 heteroatoms. The zero-order chi connectivity index (χ0) is 16.1. The Morgan fingerprint density at radius 1 is 1.50 bits per heavy atom. The van der Waals surface area contributed by atoms with Gasteiger partial charge in [0.05, 0.1) is 6.61 Å². The molecule has 0 aliphatic heterocycles. The van der Waals surface area contributed by atoms with E-state index in [-0.39, 0.29) is 23.8 Å². The molecule has 2 unspecified atom stereocenters. The lowest BCUT2D eigenvalue weighted by molar-refractivity contribution is 0.0936. The van der Waals surface area contributed by atoms with Crippen molar-refractivity contribution in [1.82, 2.24) is 10.3 Å². The van der Waals surface area contributed by atoms with Crippen molar-refractivity contribution < 1.29 is 9.90 Å². The Hall–Kier alpha value is -1.37. The molecule has 2 rings (SSSR count). The first-order valence-corrected chi connectivity index (χ1v) is 9.19. The molecule has 4 nitrogen and oxygen atoms in total. The Bertz CT molecular complexity index is 639. The summed E-state index contributed by atoms with van der Waals surface area (Å²) in [6.07, 6.45) is 1.93. The minimum atomic E-state index is -0.130. The van der Waals surface area contributed by atoms with Crippen LogP contribution in [0.3, 0.4) is 0 Å². The van der Waals surface area contributed by atoms with Gasteiger partial charge in [-0.05, 0) is 32.2 Å². The number of carbonyl (C=O) groups is 1. The van der Waals surface area contributed by atoms with Crippen molar-refractivity contribution in [1.29, 1.82) is 0 Å². The molecule has 1 amide bonds. The highest BCUT2D eigenvalue weighted by Gasteiger charge is 2.18. The summed E-state index contributed by atoms with van der Waals surface area (Å²) in [7, 11) is 0. The van der Waals surface area contributed by atoms with E-state index in [9.17, 15) is 9.90 Å². The molecule has 0 radical (unpaired) electrons. The molecule has 1 aromatic carbocycles. The van der Waals surface area contributed by atoms with Crippen molar-refractivity contribution >= 4 is 29.0 Å². The number of aromatic nitrogens is 1. The van der Waals surface area contributed by atoms with Crippen molar-refractivity contribution in [2.24, 2.45) is 0 Å². The van der Waals surface area contributed by atoms with Crippen LogP contribution in [0.4, 0.5) is 0 Å². The van der Waals surface area contributed by atoms with E-state index >= 15 is 0 Å². The number of nitrogens with one attached hydrogen (secondary N) is 1. The van der Waals surface area contributed by atoms with Crippen LogP contribution in [0.2, 0.25) is 0 Å². The maximum atomic E-state index is 12.4. The molecular weight excluding hydrogens is 316 g/mol. The fourth-order valence-corrected chi connectivity index (χ4v) is 3.52. The standard InChI is InChI=1S/C16H20N2O2S2/c1-10-9-22-16(17-10)13-6-4-5-12(7-13)15(20)18-11(2)14(8-19)21-3/h4-7,9,11,14,19H,8H2,1-3H3,(H,18,20). The van der Waals surface area contributed by atoms with Gasteiger partial charge in [-0.25, -0.2) is 4.98 Å². The van der Waals surface area contributed by atoms with E-state index in [0.29, 0.717) is 5.56 Å².